The third-order valence-electron chi connectivity index (χ3n) is 12.3. The number of unbranched alkanes of at least 4 members (excludes halogenated alkanes) is 28. The minimum absolute atomic E-state index is 0.0320. The number of carbonyl (C=O) groups excluding carboxylic acids is 2. The number of allylic oxidation sites excluding steroid dienone is 7. The Kier molecular flexibility index (Phi) is 46.2. The normalized spacial score (nSPS) is 14.2. The molecule has 0 saturated carbocycles. The minimum Gasteiger partial charge on any atom is -0.456 e. The van der Waals surface area contributed by atoms with Gasteiger partial charge in [0, 0.05) is 12.8 Å². The monoisotopic (exact) mass is 964 g/mol. The summed E-state index contributed by atoms with van der Waals surface area (Å²) in [6.45, 7) is 6.95. The second-order valence-corrected chi connectivity index (χ2v) is 21.6. The summed E-state index contributed by atoms with van der Waals surface area (Å²) < 4.78 is 30.5. The first-order chi connectivity index (χ1) is 32.4. The molecule has 0 bridgehead atoms. The lowest BCUT2D eigenvalue weighted by Gasteiger charge is -2.27. The molecular weight excluding hydrogens is 856 g/mol. The average Bonchev–Trinajstić information content (AvgIpc) is 3.28. The molecule has 0 aromatic rings. The van der Waals surface area contributed by atoms with E-state index >= 15 is 0 Å². The Morgan fingerprint density at radius 3 is 1.40 bits per heavy atom. The number of nitrogens with one attached hydrogen (secondary N) is 1. The molecule has 0 aliphatic carbocycles. The van der Waals surface area contributed by atoms with Crippen LogP contribution >= 0.6 is 7.82 Å². The van der Waals surface area contributed by atoms with Crippen molar-refractivity contribution in [3.63, 3.8) is 0 Å². The number of nitrogens with zero attached hydrogens (tertiary/aromatic N) is 1. The van der Waals surface area contributed by atoms with Crippen molar-refractivity contribution in [2.24, 2.45) is 0 Å². The molecule has 0 spiro atoms. The molecule has 67 heavy (non-hydrogen) atoms. The molecule has 0 fully saturated rings. The number of amides is 1. The second kappa shape index (κ2) is 47.6. The zero-order valence-corrected chi connectivity index (χ0v) is 45.5. The van der Waals surface area contributed by atoms with E-state index in [2.05, 4.69) is 56.5 Å². The highest BCUT2D eigenvalue weighted by molar-refractivity contribution is 7.47. The van der Waals surface area contributed by atoms with Gasteiger partial charge in [-0.15, -0.1) is 0 Å². The number of esters is 1. The molecule has 0 rings (SSSR count). The predicted octanol–water partition coefficient (Wildman–Crippen LogP) is 16.6. The van der Waals surface area contributed by atoms with Crippen molar-refractivity contribution in [1.29, 1.82) is 0 Å². The van der Waals surface area contributed by atoms with Crippen molar-refractivity contribution in [3.8, 4) is 0 Å². The predicted molar refractivity (Wildman–Crippen MR) is 286 cm³/mol. The van der Waals surface area contributed by atoms with Gasteiger partial charge in [-0.1, -0.05) is 211 Å². The number of rotatable bonds is 50. The van der Waals surface area contributed by atoms with E-state index in [0.717, 1.165) is 64.2 Å². The number of phosphoric ester groups is 1. The summed E-state index contributed by atoms with van der Waals surface area (Å²) in [5, 5.41) is 3.03. The molecule has 392 valence electrons. The van der Waals surface area contributed by atoms with Crippen LogP contribution in [-0.2, 0) is 27.9 Å². The van der Waals surface area contributed by atoms with Gasteiger partial charge in [0.05, 0.1) is 33.8 Å². The van der Waals surface area contributed by atoms with Crippen molar-refractivity contribution >= 4 is 19.7 Å². The lowest BCUT2D eigenvalue weighted by molar-refractivity contribution is -0.870. The Balaban J connectivity index is 5.47. The molecule has 9 nitrogen and oxygen atoms in total. The summed E-state index contributed by atoms with van der Waals surface area (Å²) >= 11 is 0. The van der Waals surface area contributed by atoms with E-state index in [-0.39, 0.29) is 25.5 Å². The van der Waals surface area contributed by atoms with Crippen molar-refractivity contribution in [1.82, 2.24) is 5.32 Å². The van der Waals surface area contributed by atoms with Crippen molar-refractivity contribution in [2.45, 2.75) is 264 Å². The standard InChI is InChI=1S/C57H107N2O7P/c1-7-10-13-16-19-22-25-28-29-32-34-37-40-43-46-49-56(60)58-54(53-65-67(62,63)64-52-51-59(4,5)6)55(48-45-42-39-36-33-30-26-23-20-17-14-11-8-2)66-57(61)50-47-44-41-38-35-31-27-24-21-18-15-12-9-3/h22,25,31,35,41,44-45,48,54-55H,7-21,23-24,26-30,32-34,36-40,42-43,46-47,49-53H2,1-6H3,(H-,58,60,62,63)/p+1/b25-22-,35-31-,44-41+,48-45+. The zero-order valence-electron chi connectivity index (χ0n) is 44.6. The van der Waals surface area contributed by atoms with E-state index in [9.17, 15) is 19.0 Å². The molecule has 1 amide bonds. The molecule has 0 aliphatic rings. The number of quaternary nitrogens is 1. The van der Waals surface area contributed by atoms with E-state index in [1.165, 1.54) is 148 Å². The van der Waals surface area contributed by atoms with Crippen LogP contribution < -0.4 is 5.32 Å². The molecular formula is C57H108N2O7P+. The van der Waals surface area contributed by atoms with Gasteiger partial charge >= 0.3 is 13.8 Å². The zero-order chi connectivity index (χ0) is 49.4. The van der Waals surface area contributed by atoms with Crippen LogP contribution in [0.1, 0.15) is 252 Å². The highest BCUT2D eigenvalue weighted by Crippen LogP contribution is 2.43. The van der Waals surface area contributed by atoms with Gasteiger partial charge in [0.25, 0.3) is 0 Å². The number of hydrogen-bond acceptors (Lipinski definition) is 6. The number of hydrogen-bond donors (Lipinski definition) is 2. The summed E-state index contributed by atoms with van der Waals surface area (Å²) in [4.78, 5) is 37.5. The Morgan fingerprint density at radius 2 is 0.925 bits per heavy atom. The number of phosphoric acid groups is 1. The molecule has 0 radical (unpaired) electrons. The largest absolute Gasteiger partial charge is 0.472 e. The number of carbonyl (C=O) groups is 2. The molecule has 10 heteroatoms. The minimum atomic E-state index is -4.45. The number of likely N-dealkylation sites (N-methyl/N-ethyl adjacent to an activating group) is 1. The highest BCUT2D eigenvalue weighted by atomic mass is 31.2. The Hall–Kier alpha value is -2.03. The maximum atomic E-state index is 13.5. The SMILES string of the molecule is CCCCCC/C=C\CCCCCCCCCC(=O)NC(COP(=O)(O)OCC[N+](C)(C)C)C(/C=C/CCCCCCCCCCCCC)OC(=O)CC/C=C/C/C=C\CCCCCCCC. The molecule has 0 aromatic heterocycles. The highest BCUT2D eigenvalue weighted by Gasteiger charge is 2.30. The molecule has 2 N–H and O–H groups in total. The van der Waals surface area contributed by atoms with Crippen LogP contribution in [0, 0.1) is 0 Å². The fourth-order valence-corrected chi connectivity index (χ4v) is 8.61. The van der Waals surface area contributed by atoms with E-state index in [4.69, 9.17) is 13.8 Å². The second-order valence-electron chi connectivity index (χ2n) is 20.1. The molecule has 3 atom stereocenters. The van der Waals surface area contributed by atoms with E-state index in [0.29, 0.717) is 23.9 Å². The van der Waals surface area contributed by atoms with Crippen LogP contribution in [0.5, 0.6) is 0 Å². The van der Waals surface area contributed by atoms with E-state index in [1.807, 2.05) is 39.4 Å². The molecule has 3 unspecified atom stereocenters. The van der Waals surface area contributed by atoms with Gasteiger partial charge in [0.2, 0.25) is 5.91 Å². The van der Waals surface area contributed by atoms with Gasteiger partial charge in [0.15, 0.2) is 0 Å². The van der Waals surface area contributed by atoms with Gasteiger partial charge in [-0.3, -0.25) is 18.6 Å². The first kappa shape index (κ1) is 65.0. The van der Waals surface area contributed by atoms with Crippen molar-refractivity contribution < 1.29 is 37.3 Å². The Labute approximate surface area is 414 Å². The summed E-state index contributed by atoms with van der Waals surface area (Å²) in [6, 6.07) is -0.870. The van der Waals surface area contributed by atoms with Gasteiger partial charge in [-0.2, -0.15) is 0 Å². The summed E-state index contributed by atoms with van der Waals surface area (Å²) in [5.74, 6) is -0.585. The molecule has 0 aliphatic heterocycles. The van der Waals surface area contributed by atoms with E-state index in [1.54, 1.807) is 0 Å². The van der Waals surface area contributed by atoms with Gasteiger partial charge < -0.3 is 19.4 Å². The van der Waals surface area contributed by atoms with Crippen LogP contribution in [0.2, 0.25) is 0 Å². The van der Waals surface area contributed by atoms with Crippen LogP contribution in [0.3, 0.4) is 0 Å². The first-order valence-electron chi connectivity index (χ1n) is 28.0. The third-order valence-corrected chi connectivity index (χ3v) is 13.2. The summed E-state index contributed by atoms with van der Waals surface area (Å²) in [7, 11) is 1.47. The van der Waals surface area contributed by atoms with Gasteiger partial charge in [-0.25, -0.2) is 4.57 Å². The lowest BCUT2D eigenvalue weighted by atomic mass is 10.0. The Bertz CT molecular complexity index is 1290. The van der Waals surface area contributed by atoms with Gasteiger partial charge in [0.1, 0.15) is 19.3 Å². The van der Waals surface area contributed by atoms with Crippen molar-refractivity contribution in [3.05, 3.63) is 48.6 Å². The summed E-state index contributed by atoms with van der Waals surface area (Å²) in [6.07, 6.45) is 56.8. The first-order valence-corrected chi connectivity index (χ1v) is 29.5. The van der Waals surface area contributed by atoms with Gasteiger partial charge in [-0.05, 0) is 76.7 Å². The smallest absolute Gasteiger partial charge is 0.456 e. The van der Waals surface area contributed by atoms with Crippen molar-refractivity contribution in [2.75, 3.05) is 40.9 Å². The number of ether oxygens (including phenoxy) is 1. The van der Waals surface area contributed by atoms with E-state index < -0.39 is 25.9 Å². The van der Waals surface area contributed by atoms with Crippen LogP contribution in [0.4, 0.5) is 0 Å². The summed E-state index contributed by atoms with van der Waals surface area (Å²) in [5.41, 5.74) is 0. The van der Waals surface area contributed by atoms with Crippen LogP contribution in [-0.4, -0.2) is 74.3 Å². The fourth-order valence-electron chi connectivity index (χ4n) is 7.87. The lowest BCUT2D eigenvalue weighted by Crippen LogP contribution is -2.47. The topological polar surface area (TPSA) is 111 Å². The third kappa shape index (κ3) is 48.8. The maximum Gasteiger partial charge on any atom is 0.472 e. The quantitative estimate of drug-likeness (QED) is 0.0205. The maximum absolute atomic E-state index is 13.5. The average molecular weight is 964 g/mol. The molecule has 0 saturated heterocycles. The molecule has 0 heterocycles. The molecule has 0 aromatic carbocycles. The van der Waals surface area contributed by atoms with Crippen LogP contribution in [0.15, 0.2) is 48.6 Å². The fraction of sp³-hybridized carbons (Fsp3) is 0.825. The Morgan fingerprint density at radius 1 is 0.522 bits per heavy atom. The van der Waals surface area contributed by atoms with Crippen LogP contribution in [0.25, 0.3) is 0 Å².